The van der Waals surface area contributed by atoms with E-state index in [1.54, 1.807) is 11.3 Å². The largest absolute Gasteiger partial charge is 0.379 e. The monoisotopic (exact) mass is 336 g/mol. The fourth-order valence-corrected chi connectivity index (χ4v) is 4.89. The van der Waals surface area contributed by atoms with E-state index in [1.165, 1.54) is 4.88 Å². The highest BCUT2D eigenvalue weighted by Gasteiger charge is 2.68. The first-order valence-corrected chi connectivity index (χ1v) is 9.53. The highest BCUT2D eigenvalue weighted by atomic mass is 32.1. The SMILES string of the molecule is CCN(CCN1CCOCC1)C(=O)C1(c2cccs2)CC1(C)C. The molecular formula is C18H28N2O2S. The van der Waals surface area contributed by atoms with Gasteiger partial charge in [0.05, 0.1) is 18.6 Å². The van der Waals surface area contributed by atoms with Gasteiger partial charge < -0.3 is 9.64 Å². The molecule has 1 amide bonds. The average Bonchev–Trinajstić information content (AvgIpc) is 2.93. The summed E-state index contributed by atoms with van der Waals surface area (Å²) >= 11 is 1.72. The van der Waals surface area contributed by atoms with Gasteiger partial charge in [-0.25, -0.2) is 0 Å². The van der Waals surface area contributed by atoms with Crippen molar-refractivity contribution in [2.24, 2.45) is 5.41 Å². The lowest BCUT2D eigenvalue weighted by Gasteiger charge is -2.32. The van der Waals surface area contributed by atoms with E-state index in [2.05, 4.69) is 48.1 Å². The van der Waals surface area contributed by atoms with E-state index >= 15 is 0 Å². The fraction of sp³-hybridized carbons (Fsp3) is 0.722. The Labute approximate surface area is 143 Å². The van der Waals surface area contributed by atoms with Gasteiger partial charge in [0.2, 0.25) is 5.91 Å². The van der Waals surface area contributed by atoms with Gasteiger partial charge in [0.1, 0.15) is 0 Å². The summed E-state index contributed by atoms with van der Waals surface area (Å²) in [5.41, 5.74) is -0.219. The Balaban J connectivity index is 1.69. The summed E-state index contributed by atoms with van der Waals surface area (Å²) in [7, 11) is 0. The summed E-state index contributed by atoms with van der Waals surface area (Å²) in [5.74, 6) is 0.320. The van der Waals surface area contributed by atoms with E-state index in [-0.39, 0.29) is 10.8 Å². The molecule has 1 unspecified atom stereocenters. The topological polar surface area (TPSA) is 32.8 Å². The second-order valence-electron chi connectivity index (χ2n) is 7.28. The number of thiophene rings is 1. The fourth-order valence-electron chi connectivity index (χ4n) is 3.79. The molecule has 0 bridgehead atoms. The van der Waals surface area contributed by atoms with Crippen LogP contribution in [-0.2, 0) is 14.9 Å². The average molecular weight is 337 g/mol. The number of carbonyl (C=O) groups excluding carboxylic acids is 1. The maximum Gasteiger partial charge on any atom is 0.234 e. The number of likely N-dealkylation sites (N-methyl/N-ethyl adjacent to an activating group) is 1. The van der Waals surface area contributed by atoms with Crippen LogP contribution >= 0.6 is 11.3 Å². The van der Waals surface area contributed by atoms with Crippen molar-refractivity contribution in [1.82, 2.24) is 9.80 Å². The normalized spacial score (nSPS) is 26.9. The molecule has 2 fully saturated rings. The minimum absolute atomic E-state index is 0.0708. The third-order valence-corrected chi connectivity index (χ3v) is 6.53. The predicted octanol–water partition coefficient (Wildman–Crippen LogP) is 2.60. The van der Waals surface area contributed by atoms with Gasteiger partial charge in [-0.15, -0.1) is 11.3 Å². The van der Waals surface area contributed by atoms with Crippen LogP contribution in [0.3, 0.4) is 0 Å². The zero-order valence-corrected chi connectivity index (χ0v) is 15.3. The number of hydrogen-bond donors (Lipinski definition) is 0. The van der Waals surface area contributed by atoms with Crippen LogP contribution in [-0.4, -0.2) is 61.6 Å². The van der Waals surface area contributed by atoms with Gasteiger partial charge in [-0.2, -0.15) is 0 Å². The molecule has 23 heavy (non-hydrogen) atoms. The summed E-state index contributed by atoms with van der Waals surface area (Å²) < 4.78 is 5.40. The molecule has 3 rings (SSSR count). The van der Waals surface area contributed by atoms with Gasteiger partial charge in [0.15, 0.2) is 0 Å². The molecule has 0 N–H and O–H groups in total. The van der Waals surface area contributed by atoms with Crippen molar-refractivity contribution in [3.05, 3.63) is 22.4 Å². The minimum Gasteiger partial charge on any atom is -0.379 e. The van der Waals surface area contributed by atoms with Gasteiger partial charge in [0.25, 0.3) is 0 Å². The molecule has 4 nitrogen and oxygen atoms in total. The van der Waals surface area contributed by atoms with E-state index < -0.39 is 0 Å². The minimum atomic E-state index is -0.289. The van der Waals surface area contributed by atoms with E-state index in [0.29, 0.717) is 5.91 Å². The van der Waals surface area contributed by atoms with Gasteiger partial charge >= 0.3 is 0 Å². The molecule has 1 saturated heterocycles. The number of morpholine rings is 1. The molecule has 5 heteroatoms. The molecule has 1 aliphatic heterocycles. The second-order valence-corrected chi connectivity index (χ2v) is 8.23. The summed E-state index contributed by atoms with van der Waals surface area (Å²) in [5, 5.41) is 2.09. The van der Waals surface area contributed by atoms with Crippen molar-refractivity contribution < 1.29 is 9.53 Å². The van der Waals surface area contributed by atoms with Crippen molar-refractivity contribution in [3.8, 4) is 0 Å². The molecule has 1 aromatic heterocycles. The zero-order chi connectivity index (χ0) is 16.5. The van der Waals surface area contributed by atoms with E-state index in [4.69, 9.17) is 4.74 Å². The second kappa shape index (κ2) is 6.54. The van der Waals surface area contributed by atoms with Crippen molar-refractivity contribution in [2.75, 3.05) is 45.9 Å². The van der Waals surface area contributed by atoms with Crippen LogP contribution in [0.1, 0.15) is 32.1 Å². The number of rotatable bonds is 6. The number of amides is 1. The third kappa shape index (κ3) is 3.06. The van der Waals surface area contributed by atoms with Crippen LogP contribution in [0.4, 0.5) is 0 Å². The molecular weight excluding hydrogens is 308 g/mol. The van der Waals surface area contributed by atoms with Crippen LogP contribution in [0.15, 0.2) is 17.5 Å². The van der Waals surface area contributed by atoms with Crippen LogP contribution in [0.5, 0.6) is 0 Å². The quantitative estimate of drug-likeness (QED) is 0.800. The maximum atomic E-state index is 13.3. The van der Waals surface area contributed by atoms with Crippen molar-refractivity contribution in [3.63, 3.8) is 0 Å². The standard InChI is InChI=1S/C18H28N2O2S/c1-4-20(8-7-19-9-11-22-12-10-19)16(21)18(14-17(18,2)3)15-6-5-13-23-15/h5-6,13H,4,7-12,14H2,1-3H3. The smallest absolute Gasteiger partial charge is 0.234 e. The van der Waals surface area contributed by atoms with E-state index in [0.717, 1.165) is 52.4 Å². The molecule has 1 atom stereocenters. The number of carbonyl (C=O) groups is 1. The summed E-state index contributed by atoms with van der Waals surface area (Å²) in [6.45, 7) is 12.7. The van der Waals surface area contributed by atoms with E-state index in [1.807, 2.05) is 0 Å². The summed E-state index contributed by atoms with van der Waals surface area (Å²) in [4.78, 5) is 19.0. The van der Waals surface area contributed by atoms with Crippen LogP contribution in [0, 0.1) is 5.41 Å². The number of nitrogens with zero attached hydrogens (tertiary/aromatic N) is 2. The van der Waals surface area contributed by atoms with Gasteiger partial charge in [-0.3, -0.25) is 9.69 Å². The van der Waals surface area contributed by atoms with Gasteiger partial charge in [-0.05, 0) is 30.2 Å². The molecule has 0 spiro atoms. The molecule has 1 aromatic rings. The van der Waals surface area contributed by atoms with Gasteiger partial charge in [-0.1, -0.05) is 19.9 Å². The van der Waals surface area contributed by atoms with E-state index in [9.17, 15) is 4.79 Å². The Hall–Kier alpha value is -0.910. The lowest BCUT2D eigenvalue weighted by Crippen LogP contribution is -2.46. The summed E-state index contributed by atoms with van der Waals surface area (Å²) in [6, 6.07) is 4.20. The number of ether oxygens (including phenoxy) is 1. The molecule has 1 aliphatic carbocycles. The summed E-state index contributed by atoms with van der Waals surface area (Å²) in [6.07, 6.45) is 0.966. The highest BCUT2D eigenvalue weighted by molar-refractivity contribution is 7.10. The highest BCUT2D eigenvalue weighted by Crippen LogP contribution is 2.66. The van der Waals surface area contributed by atoms with Crippen LogP contribution in [0.25, 0.3) is 0 Å². The van der Waals surface area contributed by atoms with Crippen molar-refractivity contribution in [1.29, 1.82) is 0 Å². The molecule has 128 valence electrons. The lowest BCUT2D eigenvalue weighted by atomic mass is 9.92. The Kier molecular flexibility index (Phi) is 4.81. The van der Waals surface area contributed by atoms with Crippen molar-refractivity contribution in [2.45, 2.75) is 32.6 Å². The molecule has 0 aromatic carbocycles. The molecule has 1 saturated carbocycles. The molecule has 2 aliphatic rings. The Morgan fingerprint density at radius 1 is 1.39 bits per heavy atom. The Morgan fingerprint density at radius 3 is 2.61 bits per heavy atom. The first-order chi connectivity index (χ1) is 11.0. The molecule has 2 heterocycles. The zero-order valence-electron chi connectivity index (χ0n) is 14.5. The van der Waals surface area contributed by atoms with Crippen LogP contribution < -0.4 is 0 Å². The third-order valence-electron chi connectivity index (χ3n) is 5.50. The van der Waals surface area contributed by atoms with Crippen LogP contribution in [0.2, 0.25) is 0 Å². The Bertz CT molecular complexity index is 537. The predicted molar refractivity (Wildman–Crippen MR) is 93.9 cm³/mol. The first kappa shape index (κ1) is 16.9. The Morgan fingerprint density at radius 2 is 2.09 bits per heavy atom. The van der Waals surface area contributed by atoms with Crippen molar-refractivity contribution >= 4 is 17.2 Å². The van der Waals surface area contributed by atoms with Gasteiger partial charge in [0, 0.05) is 37.6 Å². The number of hydrogen-bond acceptors (Lipinski definition) is 4. The molecule has 0 radical (unpaired) electrons. The maximum absolute atomic E-state index is 13.3. The first-order valence-electron chi connectivity index (χ1n) is 8.65. The lowest BCUT2D eigenvalue weighted by molar-refractivity contribution is -0.135.